The highest BCUT2D eigenvalue weighted by Crippen LogP contribution is 2.41. The van der Waals surface area contributed by atoms with Gasteiger partial charge in [0.1, 0.15) is 11.5 Å². The van der Waals surface area contributed by atoms with Crippen molar-refractivity contribution in [2.24, 2.45) is 0 Å². The molecule has 0 aliphatic carbocycles. The maximum absolute atomic E-state index is 11.1. The van der Waals surface area contributed by atoms with E-state index in [-0.39, 0.29) is 5.75 Å². The van der Waals surface area contributed by atoms with E-state index in [2.05, 4.69) is 32.9 Å². The average Bonchev–Trinajstić information content (AvgIpc) is 2.63. The first-order chi connectivity index (χ1) is 12.0. The first-order valence-corrected chi connectivity index (χ1v) is 8.70. The third-order valence-electron chi connectivity index (χ3n) is 5.03. The van der Waals surface area contributed by atoms with Crippen LogP contribution in [0.2, 0.25) is 0 Å². The molecule has 0 heterocycles. The SMILES string of the molecule is CCc1c(C)c(C)c(Cc2ccccc2)c(O)c1-c1ccc(O)cc1. The molecule has 0 aromatic heterocycles. The van der Waals surface area contributed by atoms with Crippen molar-refractivity contribution in [1.29, 1.82) is 0 Å². The molecule has 0 spiro atoms. The second-order valence-corrected chi connectivity index (χ2v) is 6.49. The summed E-state index contributed by atoms with van der Waals surface area (Å²) >= 11 is 0. The van der Waals surface area contributed by atoms with E-state index in [0.29, 0.717) is 12.2 Å². The van der Waals surface area contributed by atoms with Gasteiger partial charge < -0.3 is 10.2 Å². The molecule has 3 aromatic carbocycles. The highest BCUT2D eigenvalue weighted by molar-refractivity contribution is 5.78. The van der Waals surface area contributed by atoms with Crippen LogP contribution in [0.4, 0.5) is 0 Å². The summed E-state index contributed by atoms with van der Waals surface area (Å²) in [4.78, 5) is 0. The van der Waals surface area contributed by atoms with Gasteiger partial charge in [-0.2, -0.15) is 0 Å². The highest BCUT2D eigenvalue weighted by Gasteiger charge is 2.20. The maximum atomic E-state index is 11.1. The fourth-order valence-corrected chi connectivity index (χ4v) is 3.51. The second-order valence-electron chi connectivity index (χ2n) is 6.49. The van der Waals surface area contributed by atoms with Crippen molar-refractivity contribution in [3.63, 3.8) is 0 Å². The normalized spacial score (nSPS) is 10.8. The van der Waals surface area contributed by atoms with Crippen molar-refractivity contribution in [1.82, 2.24) is 0 Å². The molecule has 0 saturated carbocycles. The van der Waals surface area contributed by atoms with Gasteiger partial charge in [0, 0.05) is 17.5 Å². The smallest absolute Gasteiger partial charge is 0.127 e. The van der Waals surface area contributed by atoms with Gasteiger partial charge >= 0.3 is 0 Å². The lowest BCUT2D eigenvalue weighted by Crippen LogP contribution is -2.03. The van der Waals surface area contributed by atoms with Crippen molar-refractivity contribution in [3.8, 4) is 22.6 Å². The molecule has 2 heteroatoms. The monoisotopic (exact) mass is 332 g/mol. The first-order valence-electron chi connectivity index (χ1n) is 8.70. The number of rotatable bonds is 4. The minimum atomic E-state index is 0.231. The summed E-state index contributed by atoms with van der Waals surface area (Å²) in [5, 5.41) is 20.7. The first kappa shape index (κ1) is 17.1. The largest absolute Gasteiger partial charge is 0.508 e. The third-order valence-corrected chi connectivity index (χ3v) is 5.03. The van der Waals surface area contributed by atoms with E-state index in [1.165, 1.54) is 11.1 Å². The molecule has 25 heavy (non-hydrogen) atoms. The van der Waals surface area contributed by atoms with E-state index in [0.717, 1.165) is 34.2 Å². The molecule has 2 nitrogen and oxygen atoms in total. The minimum Gasteiger partial charge on any atom is -0.508 e. The van der Waals surface area contributed by atoms with Crippen LogP contribution in [0, 0.1) is 13.8 Å². The predicted octanol–water partition coefficient (Wildman–Crippen LogP) is 5.53. The molecule has 128 valence electrons. The number of aromatic hydroxyl groups is 2. The number of phenols is 2. The Kier molecular flexibility index (Phi) is 4.80. The lowest BCUT2D eigenvalue weighted by atomic mass is 9.85. The van der Waals surface area contributed by atoms with Crippen molar-refractivity contribution in [2.75, 3.05) is 0 Å². The van der Waals surface area contributed by atoms with Crippen molar-refractivity contribution in [3.05, 3.63) is 82.4 Å². The Hall–Kier alpha value is -2.74. The van der Waals surface area contributed by atoms with Crippen LogP contribution in [-0.4, -0.2) is 10.2 Å². The van der Waals surface area contributed by atoms with E-state index >= 15 is 0 Å². The fraction of sp³-hybridized carbons (Fsp3) is 0.217. The van der Waals surface area contributed by atoms with Crippen LogP contribution in [0.3, 0.4) is 0 Å². The topological polar surface area (TPSA) is 40.5 Å². The Morgan fingerprint density at radius 3 is 1.96 bits per heavy atom. The molecule has 0 aliphatic rings. The van der Waals surface area contributed by atoms with Gasteiger partial charge in [-0.05, 0) is 60.2 Å². The number of hydrogen-bond acceptors (Lipinski definition) is 2. The molecular weight excluding hydrogens is 308 g/mol. The van der Waals surface area contributed by atoms with Gasteiger partial charge in [0.15, 0.2) is 0 Å². The Morgan fingerprint density at radius 1 is 0.760 bits per heavy atom. The van der Waals surface area contributed by atoms with Crippen LogP contribution in [-0.2, 0) is 12.8 Å². The third kappa shape index (κ3) is 3.25. The summed E-state index contributed by atoms with van der Waals surface area (Å²) in [5.74, 6) is 0.587. The van der Waals surface area contributed by atoms with Crippen molar-refractivity contribution in [2.45, 2.75) is 33.6 Å². The van der Waals surface area contributed by atoms with Gasteiger partial charge in [-0.25, -0.2) is 0 Å². The van der Waals surface area contributed by atoms with Crippen LogP contribution in [0.1, 0.15) is 34.7 Å². The molecule has 0 saturated heterocycles. The van der Waals surface area contributed by atoms with Crippen LogP contribution < -0.4 is 0 Å². The van der Waals surface area contributed by atoms with Gasteiger partial charge in [0.2, 0.25) is 0 Å². The molecule has 0 aliphatic heterocycles. The molecule has 0 amide bonds. The molecule has 0 fully saturated rings. The molecule has 0 atom stereocenters. The van der Waals surface area contributed by atoms with E-state index in [4.69, 9.17) is 0 Å². The van der Waals surface area contributed by atoms with Crippen molar-refractivity contribution < 1.29 is 10.2 Å². The summed E-state index contributed by atoms with van der Waals surface area (Å²) in [6.07, 6.45) is 1.55. The zero-order valence-electron chi connectivity index (χ0n) is 15.0. The van der Waals surface area contributed by atoms with E-state index in [1.54, 1.807) is 12.1 Å². The summed E-state index contributed by atoms with van der Waals surface area (Å²) in [6, 6.07) is 17.3. The zero-order chi connectivity index (χ0) is 18.0. The Bertz CT molecular complexity index is 878. The maximum Gasteiger partial charge on any atom is 0.127 e. The van der Waals surface area contributed by atoms with Gasteiger partial charge in [-0.3, -0.25) is 0 Å². The van der Waals surface area contributed by atoms with Gasteiger partial charge in [-0.1, -0.05) is 49.4 Å². The second kappa shape index (κ2) is 7.02. The summed E-state index contributed by atoms with van der Waals surface area (Å²) in [6.45, 7) is 6.33. The average molecular weight is 332 g/mol. The molecule has 0 bridgehead atoms. The quantitative estimate of drug-likeness (QED) is 0.659. The van der Waals surface area contributed by atoms with Gasteiger partial charge in [0.25, 0.3) is 0 Å². The van der Waals surface area contributed by atoms with Crippen LogP contribution >= 0.6 is 0 Å². The van der Waals surface area contributed by atoms with Gasteiger partial charge in [-0.15, -0.1) is 0 Å². The molecular formula is C23H24O2. The zero-order valence-corrected chi connectivity index (χ0v) is 15.0. The number of phenolic OH excluding ortho intramolecular Hbond substituents is 2. The predicted molar refractivity (Wildman–Crippen MR) is 103 cm³/mol. The van der Waals surface area contributed by atoms with E-state index in [9.17, 15) is 10.2 Å². The van der Waals surface area contributed by atoms with Crippen LogP contribution in [0.5, 0.6) is 11.5 Å². The van der Waals surface area contributed by atoms with Crippen molar-refractivity contribution >= 4 is 0 Å². The lowest BCUT2D eigenvalue weighted by Gasteiger charge is -2.21. The molecule has 3 rings (SSSR count). The molecule has 0 unspecified atom stereocenters. The van der Waals surface area contributed by atoms with Crippen LogP contribution in [0.15, 0.2) is 54.6 Å². The number of hydrogen-bond donors (Lipinski definition) is 2. The number of benzene rings is 3. The summed E-state index contributed by atoms with van der Waals surface area (Å²) in [7, 11) is 0. The molecule has 0 radical (unpaired) electrons. The summed E-state index contributed by atoms with van der Waals surface area (Å²) < 4.78 is 0. The lowest BCUT2D eigenvalue weighted by molar-refractivity contribution is 0.469. The standard InChI is InChI=1S/C23H24O2/c1-4-20-15(2)16(3)21(14-17-8-6-5-7-9-17)23(25)22(20)18-10-12-19(24)13-11-18/h5-13,24-25H,4,14H2,1-3H3. The van der Waals surface area contributed by atoms with E-state index < -0.39 is 0 Å². The molecule has 3 aromatic rings. The van der Waals surface area contributed by atoms with Gasteiger partial charge in [0.05, 0.1) is 0 Å². The highest BCUT2D eigenvalue weighted by atomic mass is 16.3. The fourth-order valence-electron chi connectivity index (χ4n) is 3.51. The van der Waals surface area contributed by atoms with E-state index in [1.807, 2.05) is 30.3 Å². The molecule has 2 N–H and O–H groups in total. The Balaban J connectivity index is 2.21. The summed E-state index contributed by atoms with van der Waals surface area (Å²) in [5.41, 5.74) is 7.53. The Morgan fingerprint density at radius 2 is 1.36 bits per heavy atom. The Labute approximate surface area is 149 Å². The van der Waals surface area contributed by atoms with Crippen LogP contribution in [0.25, 0.3) is 11.1 Å². The minimum absolute atomic E-state index is 0.231.